The van der Waals surface area contributed by atoms with Crippen LogP contribution in [0.4, 0.5) is 8.78 Å². The molecule has 2 N–H and O–H groups in total. The molecule has 0 unspecified atom stereocenters. The summed E-state index contributed by atoms with van der Waals surface area (Å²) in [7, 11) is 0. The number of rotatable bonds is 1. The molecule has 1 aromatic carbocycles. The smallest absolute Gasteiger partial charge is 0.255 e. The Morgan fingerprint density at radius 3 is 2.37 bits per heavy atom. The van der Waals surface area contributed by atoms with Crippen molar-refractivity contribution >= 4 is 29.9 Å². The van der Waals surface area contributed by atoms with E-state index < -0.39 is 11.6 Å². The van der Waals surface area contributed by atoms with Gasteiger partial charge in [-0.25, -0.2) is 8.78 Å². The molecule has 0 atom stereocenters. The standard InChI is InChI=1S/C12H13ClF2N2O.ClH/c13-9-6-11(15)10(14)5-8(9)12(18)17-3-1-7(16)2-4-17;/h5-7H,1-4,16H2;1H. The molecule has 7 heteroatoms. The van der Waals surface area contributed by atoms with Crippen LogP contribution in [0, 0.1) is 11.6 Å². The Labute approximate surface area is 121 Å². The zero-order chi connectivity index (χ0) is 13.3. The second-order valence-corrected chi connectivity index (χ2v) is 4.78. The third-order valence-electron chi connectivity index (χ3n) is 3.07. The molecule has 1 aliphatic heterocycles. The van der Waals surface area contributed by atoms with Gasteiger partial charge in [0.1, 0.15) is 0 Å². The number of nitrogens with two attached hydrogens (primary N) is 1. The first-order chi connectivity index (χ1) is 8.49. The number of likely N-dealkylation sites (tertiary alicyclic amines) is 1. The van der Waals surface area contributed by atoms with Crippen molar-refractivity contribution in [3.05, 3.63) is 34.4 Å². The maximum Gasteiger partial charge on any atom is 0.255 e. The molecule has 19 heavy (non-hydrogen) atoms. The van der Waals surface area contributed by atoms with Crippen LogP contribution in [-0.2, 0) is 0 Å². The molecular formula is C12H14Cl2F2N2O. The number of amides is 1. The summed E-state index contributed by atoms with van der Waals surface area (Å²) in [6.45, 7) is 1.02. The Balaban J connectivity index is 0.00000180. The normalized spacial score (nSPS) is 16.1. The molecule has 1 heterocycles. The van der Waals surface area contributed by atoms with Crippen molar-refractivity contribution in [1.82, 2.24) is 4.90 Å². The van der Waals surface area contributed by atoms with Gasteiger partial charge in [-0.3, -0.25) is 4.79 Å². The van der Waals surface area contributed by atoms with E-state index >= 15 is 0 Å². The Bertz CT molecular complexity index is 477. The van der Waals surface area contributed by atoms with Gasteiger partial charge in [0.05, 0.1) is 10.6 Å². The molecule has 3 nitrogen and oxygen atoms in total. The minimum atomic E-state index is -1.07. The lowest BCUT2D eigenvalue weighted by Crippen LogP contribution is -2.43. The highest BCUT2D eigenvalue weighted by atomic mass is 35.5. The number of nitrogens with zero attached hydrogens (tertiary/aromatic N) is 1. The Hall–Kier alpha value is -0.910. The number of halogens is 4. The van der Waals surface area contributed by atoms with Crippen molar-refractivity contribution < 1.29 is 13.6 Å². The van der Waals surface area contributed by atoms with Crippen molar-refractivity contribution in [3.63, 3.8) is 0 Å². The predicted octanol–water partition coefficient (Wildman–Crippen LogP) is 2.60. The van der Waals surface area contributed by atoms with E-state index in [1.165, 1.54) is 0 Å². The monoisotopic (exact) mass is 310 g/mol. The second-order valence-electron chi connectivity index (χ2n) is 4.38. The maximum atomic E-state index is 13.1. The average Bonchev–Trinajstić information content (AvgIpc) is 2.34. The van der Waals surface area contributed by atoms with Crippen LogP contribution in [0.2, 0.25) is 5.02 Å². The van der Waals surface area contributed by atoms with E-state index in [2.05, 4.69) is 0 Å². The minimum Gasteiger partial charge on any atom is -0.338 e. The number of hydrogen-bond acceptors (Lipinski definition) is 2. The molecule has 0 aliphatic carbocycles. The highest BCUT2D eigenvalue weighted by Gasteiger charge is 2.24. The van der Waals surface area contributed by atoms with Crippen LogP contribution in [0.1, 0.15) is 23.2 Å². The van der Waals surface area contributed by atoms with Gasteiger partial charge in [0.25, 0.3) is 5.91 Å². The van der Waals surface area contributed by atoms with Gasteiger partial charge < -0.3 is 10.6 Å². The largest absolute Gasteiger partial charge is 0.338 e. The fourth-order valence-electron chi connectivity index (χ4n) is 1.96. The van der Waals surface area contributed by atoms with Crippen LogP contribution < -0.4 is 5.73 Å². The summed E-state index contributed by atoms with van der Waals surface area (Å²) in [5.41, 5.74) is 5.73. The Kier molecular flexibility index (Phi) is 5.52. The first-order valence-corrected chi connectivity index (χ1v) is 6.06. The molecule has 0 bridgehead atoms. The lowest BCUT2D eigenvalue weighted by atomic mass is 10.0. The van der Waals surface area contributed by atoms with Crippen LogP contribution in [0.3, 0.4) is 0 Å². The first-order valence-electron chi connectivity index (χ1n) is 5.68. The zero-order valence-corrected chi connectivity index (χ0v) is 11.6. The van der Waals surface area contributed by atoms with Gasteiger partial charge in [-0.1, -0.05) is 11.6 Å². The lowest BCUT2D eigenvalue weighted by molar-refractivity contribution is 0.0714. The molecule has 1 aromatic rings. The van der Waals surface area contributed by atoms with Gasteiger partial charge >= 0.3 is 0 Å². The third kappa shape index (κ3) is 3.55. The zero-order valence-electron chi connectivity index (χ0n) is 10.0. The quantitative estimate of drug-likeness (QED) is 0.810. The number of hydrogen-bond donors (Lipinski definition) is 1. The van der Waals surface area contributed by atoms with Gasteiger partial charge in [-0.05, 0) is 25.0 Å². The molecule has 106 valence electrons. The van der Waals surface area contributed by atoms with E-state index in [1.807, 2.05) is 0 Å². The number of piperidine rings is 1. The molecule has 1 saturated heterocycles. The SMILES string of the molecule is Cl.NC1CCN(C(=O)c2cc(F)c(F)cc2Cl)CC1. The van der Waals surface area contributed by atoms with E-state index in [0.717, 1.165) is 12.1 Å². The molecule has 0 radical (unpaired) electrons. The number of benzene rings is 1. The van der Waals surface area contributed by atoms with E-state index in [0.29, 0.717) is 25.9 Å². The highest BCUT2D eigenvalue weighted by molar-refractivity contribution is 6.33. The molecule has 1 amide bonds. The van der Waals surface area contributed by atoms with Crippen molar-refractivity contribution in [3.8, 4) is 0 Å². The lowest BCUT2D eigenvalue weighted by Gasteiger charge is -2.30. The Morgan fingerprint density at radius 1 is 1.26 bits per heavy atom. The molecule has 0 saturated carbocycles. The van der Waals surface area contributed by atoms with Crippen LogP contribution in [-0.4, -0.2) is 29.9 Å². The second kappa shape index (κ2) is 6.50. The van der Waals surface area contributed by atoms with Crippen LogP contribution in [0.5, 0.6) is 0 Å². The fraction of sp³-hybridized carbons (Fsp3) is 0.417. The molecule has 1 fully saturated rings. The van der Waals surface area contributed by atoms with Gasteiger partial charge in [-0.15, -0.1) is 12.4 Å². The third-order valence-corrected chi connectivity index (χ3v) is 3.38. The van der Waals surface area contributed by atoms with Crippen molar-refractivity contribution in [2.24, 2.45) is 5.73 Å². The van der Waals surface area contributed by atoms with Crippen molar-refractivity contribution in [1.29, 1.82) is 0 Å². The van der Waals surface area contributed by atoms with Gasteiger partial charge in [0.15, 0.2) is 11.6 Å². The summed E-state index contributed by atoms with van der Waals surface area (Å²) >= 11 is 5.77. The Morgan fingerprint density at radius 2 is 1.79 bits per heavy atom. The average molecular weight is 311 g/mol. The molecule has 0 spiro atoms. The number of carbonyl (C=O) groups excluding carboxylic acids is 1. The minimum absolute atomic E-state index is 0. The van der Waals surface area contributed by atoms with Gasteiger partial charge in [0, 0.05) is 19.1 Å². The first kappa shape index (κ1) is 16.1. The summed E-state index contributed by atoms with van der Waals surface area (Å²) in [6.07, 6.45) is 1.40. The van der Waals surface area contributed by atoms with Crippen LogP contribution in [0.15, 0.2) is 12.1 Å². The maximum absolute atomic E-state index is 13.1. The topological polar surface area (TPSA) is 46.3 Å². The van der Waals surface area contributed by atoms with E-state index in [4.69, 9.17) is 17.3 Å². The molecule has 0 aromatic heterocycles. The summed E-state index contributed by atoms with van der Waals surface area (Å²) in [4.78, 5) is 13.7. The summed E-state index contributed by atoms with van der Waals surface area (Å²) in [5, 5.41) is -0.0752. The van der Waals surface area contributed by atoms with Gasteiger partial charge in [0.2, 0.25) is 0 Å². The molecular weight excluding hydrogens is 297 g/mol. The fourth-order valence-corrected chi connectivity index (χ4v) is 2.19. The van der Waals surface area contributed by atoms with E-state index in [-0.39, 0.29) is 34.9 Å². The predicted molar refractivity (Wildman–Crippen MR) is 71.7 cm³/mol. The summed E-state index contributed by atoms with van der Waals surface area (Å²) in [5.74, 6) is -2.51. The van der Waals surface area contributed by atoms with Crippen LogP contribution >= 0.6 is 24.0 Å². The molecule has 1 aliphatic rings. The van der Waals surface area contributed by atoms with Gasteiger partial charge in [-0.2, -0.15) is 0 Å². The molecule has 2 rings (SSSR count). The van der Waals surface area contributed by atoms with E-state index in [9.17, 15) is 13.6 Å². The van der Waals surface area contributed by atoms with Crippen molar-refractivity contribution in [2.45, 2.75) is 18.9 Å². The summed E-state index contributed by atoms with van der Waals surface area (Å²) < 4.78 is 26.0. The van der Waals surface area contributed by atoms with Crippen molar-refractivity contribution in [2.75, 3.05) is 13.1 Å². The summed E-state index contributed by atoms with van der Waals surface area (Å²) in [6, 6.07) is 1.75. The number of carbonyl (C=O) groups is 1. The highest BCUT2D eigenvalue weighted by Crippen LogP contribution is 2.22. The van der Waals surface area contributed by atoms with E-state index in [1.54, 1.807) is 4.90 Å². The van der Waals surface area contributed by atoms with Crippen LogP contribution in [0.25, 0.3) is 0 Å².